The summed E-state index contributed by atoms with van der Waals surface area (Å²) in [5, 5.41) is 14.5. The van der Waals surface area contributed by atoms with Crippen molar-refractivity contribution in [1.82, 2.24) is 14.9 Å². The molecule has 1 aromatic carbocycles. The van der Waals surface area contributed by atoms with Crippen molar-refractivity contribution in [2.24, 2.45) is 0 Å². The maximum absolute atomic E-state index is 13.6. The minimum absolute atomic E-state index is 0.0835. The van der Waals surface area contributed by atoms with Gasteiger partial charge in [-0.1, -0.05) is 36.4 Å². The number of nitrogens with one attached hydrogen (secondary N) is 1. The molecule has 2 N–H and O–H groups in total. The number of likely N-dealkylation sites (tertiary alicyclic amines) is 1. The summed E-state index contributed by atoms with van der Waals surface area (Å²) in [5.74, 6) is -0.664. The van der Waals surface area contributed by atoms with E-state index < -0.39 is 5.97 Å². The molecule has 0 atom stereocenters. The number of rotatable bonds is 6. The number of anilines is 1. The summed E-state index contributed by atoms with van der Waals surface area (Å²) < 4.78 is 0.673. The molecule has 0 saturated carbocycles. The average molecular weight is 473 g/mol. The Hall–Kier alpha value is -3.78. The Labute approximate surface area is 201 Å². The first-order chi connectivity index (χ1) is 16.6. The van der Waals surface area contributed by atoms with E-state index in [9.17, 15) is 14.7 Å². The third-order valence-electron chi connectivity index (χ3n) is 6.29. The number of benzene rings is 1. The summed E-state index contributed by atoms with van der Waals surface area (Å²) >= 11 is 1.29. The molecule has 5 rings (SSSR count). The summed E-state index contributed by atoms with van der Waals surface area (Å²) in [6, 6.07) is 14.2. The van der Waals surface area contributed by atoms with E-state index in [1.54, 1.807) is 17.8 Å². The van der Waals surface area contributed by atoms with Crippen LogP contribution in [-0.4, -0.2) is 44.9 Å². The van der Waals surface area contributed by atoms with Crippen LogP contribution >= 0.6 is 11.3 Å². The molecule has 0 unspecified atom stereocenters. The lowest BCUT2D eigenvalue weighted by atomic mass is 9.89. The number of fused-ring (bicyclic) bond motifs is 1. The maximum atomic E-state index is 13.6. The van der Waals surface area contributed by atoms with E-state index in [1.165, 1.54) is 23.1 Å². The number of carbonyl (C=O) groups excluding carboxylic acids is 1. The summed E-state index contributed by atoms with van der Waals surface area (Å²) in [5.41, 5.74) is 3.91. The first-order valence-electron chi connectivity index (χ1n) is 11.2. The second-order valence-corrected chi connectivity index (χ2v) is 9.25. The highest BCUT2D eigenvalue weighted by molar-refractivity contribution is 7.18. The van der Waals surface area contributed by atoms with Crippen LogP contribution in [0, 0.1) is 0 Å². The van der Waals surface area contributed by atoms with E-state index in [4.69, 9.17) is 0 Å². The smallest absolute Gasteiger partial charge is 0.338 e. The van der Waals surface area contributed by atoms with Gasteiger partial charge in [0.15, 0.2) is 0 Å². The SMILES string of the molecule is O=C(O)c1csc2c(NCc3cccnc3)c(C(=O)N3CCC(c4ccccc4)CC3)cnc12. The predicted molar refractivity (Wildman–Crippen MR) is 132 cm³/mol. The number of nitrogens with zero attached hydrogens (tertiary/aromatic N) is 3. The fraction of sp³-hybridized carbons (Fsp3) is 0.231. The van der Waals surface area contributed by atoms with Crippen molar-refractivity contribution < 1.29 is 14.7 Å². The van der Waals surface area contributed by atoms with Crippen LogP contribution in [0.5, 0.6) is 0 Å². The van der Waals surface area contributed by atoms with Crippen LogP contribution < -0.4 is 5.32 Å². The third-order valence-corrected chi connectivity index (χ3v) is 7.28. The van der Waals surface area contributed by atoms with Gasteiger partial charge in [-0.15, -0.1) is 11.3 Å². The Bertz CT molecular complexity index is 1320. The third kappa shape index (κ3) is 4.36. The van der Waals surface area contributed by atoms with Crippen LogP contribution in [0.15, 0.2) is 66.4 Å². The fourth-order valence-electron chi connectivity index (χ4n) is 4.47. The van der Waals surface area contributed by atoms with Crippen molar-refractivity contribution in [3.63, 3.8) is 0 Å². The minimum atomic E-state index is -1.03. The van der Waals surface area contributed by atoms with Gasteiger partial charge in [-0.2, -0.15) is 0 Å². The van der Waals surface area contributed by atoms with Crippen LogP contribution in [-0.2, 0) is 6.54 Å². The quantitative estimate of drug-likeness (QED) is 0.409. The summed E-state index contributed by atoms with van der Waals surface area (Å²) in [6.45, 7) is 1.80. The number of carbonyl (C=O) groups is 2. The van der Waals surface area contributed by atoms with E-state index >= 15 is 0 Å². The lowest BCUT2D eigenvalue weighted by molar-refractivity contribution is 0.0695. The van der Waals surface area contributed by atoms with E-state index in [0.717, 1.165) is 18.4 Å². The van der Waals surface area contributed by atoms with Crippen molar-refractivity contribution in [3.8, 4) is 0 Å². The monoisotopic (exact) mass is 472 g/mol. The molecule has 1 fully saturated rings. The molecule has 0 bridgehead atoms. The number of amides is 1. The van der Waals surface area contributed by atoms with Gasteiger partial charge < -0.3 is 15.3 Å². The molecule has 0 aliphatic carbocycles. The van der Waals surface area contributed by atoms with Gasteiger partial charge in [0.25, 0.3) is 5.91 Å². The maximum Gasteiger partial charge on any atom is 0.338 e. The first kappa shape index (κ1) is 22.0. The molecule has 1 amide bonds. The molecule has 1 saturated heterocycles. The van der Waals surface area contributed by atoms with Gasteiger partial charge >= 0.3 is 5.97 Å². The standard InChI is InChI=1S/C26H24N4O3S/c31-25(30-11-8-19(9-12-30)18-6-2-1-3-7-18)20-15-29-23-21(26(32)33)16-34-24(23)22(20)28-14-17-5-4-10-27-13-17/h1-7,10,13,15-16,19H,8-9,11-12,14H2,(H,28,29)(H,32,33). The zero-order chi connectivity index (χ0) is 23.5. The molecule has 4 aromatic rings. The molecule has 172 valence electrons. The Morgan fingerprint density at radius 3 is 2.56 bits per heavy atom. The zero-order valence-corrected chi connectivity index (χ0v) is 19.3. The Balaban J connectivity index is 1.42. The van der Waals surface area contributed by atoms with E-state index in [-0.39, 0.29) is 11.5 Å². The van der Waals surface area contributed by atoms with Crippen molar-refractivity contribution in [3.05, 3.63) is 88.7 Å². The summed E-state index contributed by atoms with van der Waals surface area (Å²) in [4.78, 5) is 35.6. The molecular weight excluding hydrogens is 448 g/mol. The van der Waals surface area contributed by atoms with Crippen molar-refractivity contribution in [2.45, 2.75) is 25.3 Å². The van der Waals surface area contributed by atoms with E-state index in [1.807, 2.05) is 23.1 Å². The molecular formula is C26H24N4O3S. The van der Waals surface area contributed by atoms with Crippen molar-refractivity contribution >= 4 is 39.1 Å². The van der Waals surface area contributed by atoms with Gasteiger partial charge in [-0.05, 0) is 36.0 Å². The van der Waals surface area contributed by atoms with Crippen molar-refractivity contribution in [1.29, 1.82) is 0 Å². The van der Waals surface area contributed by atoms with Crippen LogP contribution in [0.4, 0.5) is 5.69 Å². The van der Waals surface area contributed by atoms with Gasteiger partial charge in [-0.3, -0.25) is 14.8 Å². The normalized spacial score (nSPS) is 14.3. The summed E-state index contributed by atoms with van der Waals surface area (Å²) in [7, 11) is 0. The number of pyridine rings is 2. The van der Waals surface area contributed by atoms with Crippen LogP contribution in [0.2, 0.25) is 0 Å². The number of aromatic nitrogens is 2. The van der Waals surface area contributed by atoms with Gasteiger partial charge in [-0.25, -0.2) is 4.79 Å². The van der Waals surface area contributed by atoms with Crippen LogP contribution in [0.3, 0.4) is 0 Å². The molecule has 4 heterocycles. The number of hydrogen-bond acceptors (Lipinski definition) is 6. The number of aromatic carboxylic acids is 1. The zero-order valence-electron chi connectivity index (χ0n) is 18.5. The minimum Gasteiger partial charge on any atom is -0.478 e. The average Bonchev–Trinajstić information content (AvgIpc) is 3.33. The molecule has 0 radical (unpaired) electrons. The topological polar surface area (TPSA) is 95.4 Å². The molecule has 7 nitrogen and oxygen atoms in total. The van der Waals surface area contributed by atoms with Gasteiger partial charge in [0.2, 0.25) is 0 Å². The van der Waals surface area contributed by atoms with Crippen LogP contribution in [0.25, 0.3) is 10.2 Å². The molecule has 34 heavy (non-hydrogen) atoms. The molecule has 1 aliphatic heterocycles. The number of thiophene rings is 1. The van der Waals surface area contributed by atoms with Crippen molar-refractivity contribution in [2.75, 3.05) is 18.4 Å². The fourth-order valence-corrected chi connectivity index (χ4v) is 5.49. The largest absolute Gasteiger partial charge is 0.478 e. The number of hydrogen-bond donors (Lipinski definition) is 2. The molecule has 3 aromatic heterocycles. The Morgan fingerprint density at radius 2 is 1.85 bits per heavy atom. The van der Waals surface area contributed by atoms with Gasteiger partial charge in [0.05, 0.1) is 27.0 Å². The second kappa shape index (κ2) is 9.61. The number of piperidine rings is 1. The molecule has 1 aliphatic rings. The van der Waals surface area contributed by atoms with E-state index in [2.05, 4.69) is 39.6 Å². The highest BCUT2D eigenvalue weighted by Crippen LogP contribution is 2.35. The number of carboxylic acids is 1. The highest BCUT2D eigenvalue weighted by Gasteiger charge is 2.28. The first-order valence-corrected chi connectivity index (χ1v) is 12.1. The highest BCUT2D eigenvalue weighted by atomic mass is 32.1. The lowest BCUT2D eigenvalue weighted by Gasteiger charge is -2.32. The molecule has 8 heteroatoms. The van der Waals surface area contributed by atoms with E-state index in [0.29, 0.717) is 47.0 Å². The Morgan fingerprint density at radius 1 is 1.06 bits per heavy atom. The second-order valence-electron chi connectivity index (χ2n) is 8.37. The Kier molecular flexibility index (Phi) is 6.22. The summed E-state index contributed by atoms with van der Waals surface area (Å²) in [6.07, 6.45) is 6.80. The number of carboxylic acid groups (broad SMARTS) is 1. The van der Waals surface area contributed by atoms with Gasteiger partial charge in [0, 0.05) is 43.6 Å². The molecule has 0 spiro atoms. The lowest BCUT2D eigenvalue weighted by Crippen LogP contribution is -2.38. The predicted octanol–water partition coefficient (Wildman–Crippen LogP) is 5.02. The van der Waals surface area contributed by atoms with Gasteiger partial charge in [0.1, 0.15) is 0 Å². The van der Waals surface area contributed by atoms with Crippen LogP contribution in [0.1, 0.15) is 50.6 Å².